The Morgan fingerprint density at radius 2 is 2.27 bits per heavy atom. The van der Waals surface area contributed by atoms with E-state index in [4.69, 9.17) is 22.2 Å². The predicted molar refractivity (Wildman–Crippen MR) is 86.9 cm³/mol. The lowest BCUT2D eigenvalue weighted by Gasteiger charge is -2.15. The van der Waals surface area contributed by atoms with Crippen molar-refractivity contribution in [1.29, 1.82) is 0 Å². The van der Waals surface area contributed by atoms with E-state index in [2.05, 4.69) is 15.5 Å². The summed E-state index contributed by atoms with van der Waals surface area (Å²) in [4.78, 5) is 12.3. The summed E-state index contributed by atoms with van der Waals surface area (Å²) >= 11 is 7.26. The van der Waals surface area contributed by atoms with Crippen molar-refractivity contribution in [3.8, 4) is 5.75 Å². The number of nitrogens with zero attached hydrogens (tertiary/aromatic N) is 3. The molecule has 9 heteroatoms. The molecule has 0 unspecified atom stereocenters. The molecule has 7 nitrogen and oxygen atoms in total. The number of halogens is 1. The topological polar surface area (TPSA) is 95.1 Å². The summed E-state index contributed by atoms with van der Waals surface area (Å²) in [6, 6.07) is 3.43. The quantitative estimate of drug-likeness (QED) is 0.638. The maximum atomic E-state index is 12.3. The molecule has 1 amide bonds. The number of aryl methyl sites for hydroxylation is 1. The van der Waals surface area contributed by atoms with Gasteiger partial charge in [-0.15, -0.1) is 10.2 Å². The molecule has 0 fully saturated rings. The third-order valence-electron chi connectivity index (χ3n) is 2.93. The summed E-state index contributed by atoms with van der Waals surface area (Å²) < 4.78 is 6.50. The van der Waals surface area contributed by atoms with Crippen molar-refractivity contribution < 1.29 is 9.53 Å². The van der Waals surface area contributed by atoms with Crippen molar-refractivity contribution in [3.63, 3.8) is 0 Å². The highest BCUT2D eigenvalue weighted by Gasteiger charge is 2.19. The molecule has 2 rings (SSSR count). The van der Waals surface area contributed by atoms with Gasteiger partial charge in [-0.05, 0) is 25.5 Å². The predicted octanol–water partition coefficient (Wildman–Crippen LogP) is 2.08. The number of anilines is 1. The highest BCUT2D eigenvalue weighted by atomic mass is 35.5. The summed E-state index contributed by atoms with van der Waals surface area (Å²) in [7, 11) is 1.52. The van der Waals surface area contributed by atoms with Crippen LogP contribution in [0.5, 0.6) is 5.75 Å². The summed E-state index contributed by atoms with van der Waals surface area (Å²) in [6.45, 7) is 3.61. The Balaban J connectivity index is 2.11. The molecule has 0 spiro atoms. The lowest BCUT2D eigenvalue weighted by atomic mass is 10.2. The number of thioether (sulfide) groups is 1. The number of hydrogen-bond donors (Lipinski definition) is 2. The molecule has 1 atom stereocenters. The number of rotatable bonds is 5. The first-order valence-corrected chi connectivity index (χ1v) is 7.65. The summed E-state index contributed by atoms with van der Waals surface area (Å²) in [6.07, 6.45) is 1.37. The molecule has 1 aromatic carbocycles. The number of ether oxygens (including phenoxy) is 1. The molecule has 0 bridgehead atoms. The molecule has 0 saturated carbocycles. The van der Waals surface area contributed by atoms with Crippen LogP contribution in [-0.4, -0.2) is 33.1 Å². The highest BCUT2D eigenvalue weighted by Crippen LogP contribution is 2.31. The zero-order valence-corrected chi connectivity index (χ0v) is 13.9. The maximum Gasteiger partial charge on any atom is 0.237 e. The monoisotopic (exact) mass is 341 g/mol. The van der Waals surface area contributed by atoms with Crippen LogP contribution in [-0.2, 0) is 4.79 Å². The number of hydrogen-bond acceptors (Lipinski definition) is 6. The second-order valence-corrected chi connectivity index (χ2v) is 6.29. The van der Waals surface area contributed by atoms with Crippen molar-refractivity contribution in [2.45, 2.75) is 24.3 Å². The van der Waals surface area contributed by atoms with Gasteiger partial charge < -0.3 is 15.9 Å². The van der Waals surface area contributed by atoms with E-state index in [1.165, 1.54) is 29.9 Å². The van der Waals surface area contributed by atoms with Crippen LogP contribution in [0.15, 0.2) is 23.6 Å². The van der Waals surface area contributed by atoms with Crippen molar-refractivity contribution in [1.82, 2.24) is 14.9 Å². The fraction of sp³-hybridized carbons (Fsp3) is 0.308. The number of nitrogens with two attached hydrogens (primary N) is 1. The summed E-state index contributed by atoms with van der Waals surface area (Å²) in [5.74, 6) is 5.93. The van der Waals surface area contributed by atoms with E-state index < -0.39 is 5.25 Å². The SMILES string of the molecule is COc1cc(Cl)c(C)cc1NC(=O)[C@H](C)Sc1nncn1N. The Morgan fingerprint density at radius 3 is 2.86 bits per heavy atom. The van der Waals surface area contributed by atoms with E-state index in [0.717, 1.165) is 5.56 Å². The van der Waals surface area contributed by atoms with E-state index in [-0.39, 0.29) is 5.91 Å². The van der Waals surface area contributed by atoms with Crippen molar-refractivity contribution >= 4 is 35.0 Å². The van der Waals surface area contributed by atoms with Crippen LogP contribution < -0.4 is 15.9 Å². The summed E-state index contributed by atoms with van der Waals surface area (Å²) in [5, 5.41) is 10.9. The number of carbonyl (C=O) groups excluding carboxylic acids is 1. The zero-order valence-electron chi connectivity index (χ0n) is 12.3. The first-order valence-electron chi connectivity index (χ1n) is 6.39. The molecule has 118 valence electrons. The van der Waals surface area contributed by atoms with E-state index >= 15 is 0 Å². The van der Waals surface area contributed by atoms with Crippen LogP contribution >= 0.6 is 23.4 Å². The number of nitrogen functional groups attached to an aromatic ring is 1. The second kappa shape index (κ2) is 6.89. The Kier molecular flexibility index (Phi) is 5.15. The number of carbonyl (C=O) groups is 1. The van der Waals surface area contributed by atoms with Gasteiger partial charge in [0.15, 0.2) is 0 Å². The average Bonchev–Trinajstić information content (AvgIpc) is 2.87. The lowest BCUT2D eigenvalue weighted by molar-refractivity contribution is -0.115. The van der Waals surface area contributed by atoms with Gasteiger partial charge in [-0.3, -0.25) is 4.79 Å². The minimum atomic E-state index is -0.410. The van der Waals surface area contributed by atoms with E-state index in [9.17, 15) is 4.79 Å². The van der Waals surface area contributed by atoms with Crippen molar-refractivity contribution in [2.75, 3.05) is 18.3 Å². The Hall–Kier alpha value is -1.93. The fourth-order valence-corrected chi connectivity index (χ4v) is 2.59. The smallest absolute Gasteiger partial charge is 0.237 e. The van der Waals surface area contributed by atoms with Gasteiger partial charge in [0, 0.05) is 11.1 Å². The third kappa shape index (κ3) is 3.63. The van der Waals surface area contributed by atoms with E-state index in [1.807, 2.05) is 6.92 Å². The molecule has 1 heterocycles. The zero-order chi connectivity index (χ0) is 16.3. The molecular weight excluding hydrogens is 326 g/mol. The van der Waals surface area contributed by atoms with Crippen LogP contribution in [0.25, 0.3) is 0 Å². The minimum Gasteiger partial charge on any atom is -0.495 e. The Labute approximate surface area is 137 Å². The molecule has 3 N–H and O–H groups in total. The van der Waals surface area contributed by atoms with Gasteiger partial charge in [0.05, 0.1) is 18.0 Å². The molecule has 0 aliphatic carbocycles. The molecular formula is C13H16ClN5O2S. The average molecular weight is 342 g/mol. The highest BCUT2D eigenvalue weighted by molar-refractivity contribution is 8.00. The molecule has 1 aromatic heterocycles. The van der Waals surface area contributed by atoms with Gasteiger partial charge in [0.2, 0.25) is 11.1 Å². The number of amides is 1. The van der Waals surface area contributed by atoms with Gasteiger partial charge in [-0.1, -0.05) is 23.4 Å². The van der Waals surface area contributed by atoms with Gasteiger partial charge >= 0.3 is 0 Å². The van der Waals surface area contributed by atoms with Gasteiger partial charge in [-0.25, -0.2) is 4.68 Å². The Morgan fingerprint density at radius 1 is 1.55 bits per heavy atom. The first kappa shape index (κ1) is 16.4. The van der Waals surface area contributed by atoms with E-state index in [0.29, 0.717) is 21.6 Å². The van der Waals surface area contributed by atoms with Crippen LogP contribution in [0.2, 0.25) is 5.02 Å². The van der Waals surface area contributed by atoms with Crippen LogP contribution in [0.4, 0.5) is 5.69 Å². The maximum absolute atomic E-state index is 12.3. The number of methoxy groups -OCH3 is 1. The summed E-state index contributed by atoms with van der Waals surface area (Å²) in [5.41, 5.74) is 1.41. The van der Waals surface area contributed by atoms with Crippen LogP contribution in [0, 0.1) is 6.92 Å². The molecule has 0 radical (unpaired) electrons. The standard InChI is InChI=1S/C13H16ClN5O2S/c1-7-4-10(11(21-3)5-9(7)14)17-12(20)8(2)22-13-18-16-6-19(13)15/h4-6,8H,15H2,1-3H3,(H,17,20)/t8-/m0/s1. The number of aromatic nitrogens is 3. The lowest BCUT2D eigenvalue weighted by Crippen LogP contribution is -2.23. The number of benzene rings is 1. The molecule has 0 aliphatic heterocycles. The van der Waals surface area contributed by atoms with Crippen molar-refractivity contribution in [3.05, 3.63) is 29.0 Å². The number of nitrogens with one attached hydrogen (secondary N) is 1. The molecule has 22 heavy (non-hydrogen) atoms. The second-order valence-electron chi connectivity index (χ2n) is 4.57. The van der Waals surface area contributed by atoms with Crippen LogP contribution in [0.1, 0.15) is 12.5 Å². The molecule has 0 aliphatic rings. The molecule has 2 aromatic rings. The first-order chi connectivity index (χ1) is 10.4. The Bertz CT molecular complexity index is 691. The van der Waals surface area contributed by atoms with Gasteiger partial charge in [-0.2, -0.15) is 0 Å². The van der Waals surface area contributed by atoms with Gasteiger partial charge in [0.25, 0.3) is 0 Å². The minimum absolute atomic E-state index is 0.201. The normalized spacial score (nSPS) is 12.0. The van der Waals surface area contributed by atoms with Crippen molar-refractivity contribution in [2.24, 2.45) is 0 Å². The largest absolute Gasteiger partial charge is 0.495 e. The molecule has 0 saturated heterocycles. The fourth-order valence-electron chi connectivity index (χ4n) is 1.69. The van der Waals surface area contributed by atoms with Gasteiger partial charge in [0.1, 0.15) is 12.1 Å². The van der Waals surface area contributed by atoms with E-state index in [1.54, 1.807) is 19.1 Å². The third-order valence-corrected chi connectivity index (χ3v) is 4.41. The van der Waals surface area contributed by atoms with Crippen LogP contribution in [0.3, 0.4) is 0 Å².